The molecule has 0 aromatic heterocycles. The third-order valence-corrected chi connectivity index (χ3v) is 8.99. The van der Waals surface area contributed by atoms with Crippen LogP contribution in [0.4, 0.5) is 0 Å². The van der Waals surface area contributed by atoms with Gasteiger partial charge in [0.2, 0.25) is 15.9 Å². The fourth-order valence-electron chi connectivity index (χ4n) is 4.52. The second-order valence-electron chi connectivity index (χ2n) is 9.20. The van der Waals surface area contributed by atoms with Crippen molar-refractivity contribution in [2.24, 2.45) is 5.92 Å². The monoisotopic (exact) mass is 456 g/mol. The summed E-state index contributed by atoms with van der Waals surface area (Å²) in [5.41, 5.74) is 4.89. The predicted octanol–water partition coefficient (Wildman–Crippen LogP) is 4.46. The van der Waals surface area contributed by atoms with Gasteiger partial charge in [-0.2, -0.15) is 4.31 Å². The number of amides is 1. The number of carbonyl (C=O) groups excluding carboxylic acids is 1. The van der Waals surface area contributed by atoms with Gasteiger partial charge >= 0.3 is 0 Å². The van der Waals surface area contributed by atoms with E-state index in [0.717, 1.165) is 35.1 Å². The smallest absolute Gasteiger partial charge is 0.243 e. The summed E-state index contributed by atoms with van der Waals surface area (Å²) in [5, 5.41) is 3.13. The lowest BCUT2D eigenvalue weighted by molar-refractivity contribution is -0.126. The maximum Gasteiger partial charge on any atom is 0.243 e. The number of sulfonamides is 1. The van der Waals surface area contributed by atoms with Gasteiger partial charge in [0.1, 0.15) is 0 Å². The lowest BCUT2D eigenvalue weighted by Crippen LogP contribution is -2.45. The Morgan fingerprint density at radius 2 is 1.59 bits per heavy atom. The van der Waals surface area contributed by atoms with Gasteiger partial charge in [-0.1, -0.05) is 36.4 Å². The van der Waals surface area contributed by atoms with Crippen LogP contribution in [0.5, 0.6) is 0 Å². The van der Waals surface area contributed by atoms with Crippen LogP contribution in [0.15, 0.2) is 41.3 Å². The van der Waals surface area contributed by atoms with E-state index in [-0.39, 0.29) is 17.9 Å². The molecule has 6 heteroatoms. The molecule has 5 nitrogen and oxygen atoms in total. The van der Waals surface area contributed by atoms with E-state index in [1.54, 1.807) is 4.31 Å². The third kappa shape index (κ3) is 5.41. The second-order valence-corrected chi connectivity index (χ2v) is 11.1. The number of hydrogen-bond acceptors (Lipinski definition) is 3. The Labute approximate surface area is 193 Å². The van der Waals surface area contributed by atoms with Crippen LogP contribution in [0.25, 0.3) is 0 Å². The molecule has 0 aliphatic carbocycles. The molecule has 3 rings (SSSR count). The number of hydrogen-bond donors (Lipinski definition) is 1. The van der Waals surface area contributed by atoms with Crippen LogP contribution in [0.2, 0.25) is 0 Å². The number of rotatable bonds is 7. The SMILES string of the molecule is Cc1cc(C)c(C)c(S(=O)(=O)N2CCC(C(=O)NC(C)CCc3ccccc3)CC2)c1C. The van der Waals surface area contributed by atoms with Gasteiger partial charge in [-0.15, -0.1) is 0 Å². The summed E-state index contributed by atoms with van der Waals surface area (Å²) < 4.78 is 28.4. The number of benzene rings is 2. The number of aryl methyl sites for hydroxylation is 3. The fourth-order valence-corrected chi connectivity index (χ4v) is 6.56. The van der Waals surface area contributed by atoms with Crippen molar-refractivity contribution in [3.05, 3.63) is 64.2 Å². The molecule has 2 aromatic carbocycles. The molecule has 1 saturated heterocycles. The lowest BCUT2D eigenvalue weighted by Gasteiger charge is -2.32. The van der Waals surface area contributed by atoms with Crippen molar-refractivity contribution >= 4 is 15.9 Å². The molecule has 174 valence electrons. The van der Waals surface area contributed by atoms with Gasteiger partial charge in [-0.25, -0.2) is 8.42 Å². The number of piperidine rings is 1. The molecule has 1 N–H and O–H groups in total. The first-order chi connectivity index (χ1) is 15.1. The zero-order valence-electron chi connectivity index (χ0n) is 19.9. The first-order valence-corrected chi connectivity index (χ1v) is 13.0. The van der Waals surface area contributed by atoms with Gasteiger partial charge in [0.05, 0.1) is 4.90 Å². The molecule has 2 aromatic rings. The first-order valence-electron chi connectivity index (χ1n) is 11.5. The lowest BCUT2D eigenvalue weighted by atomic mass is 9.96. The summed E-state index contributed by atoms with van der Waals surface area (Å²) in [7, 11) is -3.58. The van der Waals surface area contributed by atoms with Crippen LogP contribution in [0.3, 0.4) is 0 Å². The van der Waals surface area contributed by atoms with E-state index >= 15 is 0 Å². The van der Waals surface area contributed by atoms with Gasteiger partial charge in [0.15, 0.2) is 0 Å². The molecule has 1 fully saturated rings. The minimum absolute atomic E-state index is 0.0429. The van der Waals surface area contributed by atoms with Gasteiger partial charge in [-0.05, 0) is 88.1 Å². The molecule has 1 aliphatic rings. The molecular formula is C26H36N2O3S. The van der Waals surface area contributed by atoms with Gasteiger partial charge < -0.3 is 5.32 Å². The molecular weight excluding hydrogens is 420 g/mol. The molecule has 0 bridgehead atoms. The summed E-state index contributed by atoms with van der Waals surface area (Å²) in [5.74, 6) is -0.0940. The fraction of sp³-hybridized carbons (Fsp3) is 0.500. The molecule has 0 saturated carbocycles. The highest BCUT2D eigenvalue weighted by atomic mass is 32.2. The predicted molar refractivity (Wildman–Crippen MR) is 129 cm³/mol. The van der Waals surface area contributed by atoms with E-state index in [1.807, 2.05) is 58.9 Å². The van der Waals surface area contributed by atoms with Crippen LogP contribution < -0.4 is 5.32 Å². The summed E-state index contributed by atoms with van der Waals surface area (Å²) in [4.78, 5) is 13.2. The summed E-state index contributed by atoms with van der Waals surface area (Å²) >= 11 is 0. The van der Waals surface area contributed by atoms with E-state index in [2.05, 4.69) is 17.4 Å². The van der Waals surface area contributed by atoms with Crippen molar-refractivity contribution in [1.82, 2.24) is 9.62 Å². The van der Waals surface area contributed by atoms with Crippen LogP contribution in [0, 0.1) is 33.6 Å². The van der Waals surface area contributed by atoms with Crippen molar-refractivity contribution < 1.29 is 13.2 Å². The Morgan fingerprint density at radius 3 is 2.16 bits per heavy atom. The number of nitrogens with zero attached hydrogens (tertiary/aromatic N) is 1. The minimum Gasteiger partial charge on any atom is -0.353 e. The molecule has 1 unspecified atom stereocenters. The van der Waals surface area contributed by atoms with Crippen molar-refractivity contribution in [1.29, 1.82) is 0 Å². The van der Waals surface area contributed by atoms with Gasteiger partial charge in [0.25, 0.3) is 0 Å². The maximum atomic E-state index is 13.4. The normalized spacial score (nSPS) is 16.7. The largest absolute Gasteiger partial charge is 0.353 e. The summed E-state index contributed by atoms with van der Waals surface area (Å²) in [6.45, 7) is 10.5. The molecule has 1 amide bonds. The van der Waals surface area contributed by atoms with E-state index in [4.69, 9.17) is 0 Å². The number of nitrogens with one attached hydrogen (secondary N) is 1. The van der Waals surface area contributed by atoms with E-state index in [0.29, 0.717) is 30.8 Å². The Morgan fingerprint density at radius 1 is 1.03 bits per heavy atom. The standard InChI is InChI=1S/C26H36N2O3S/c1-18-17-19(2)22(5)25(21(18)4)32(30,31)28-15-13-24(14-16-28)26(29)27-20(3)11-12-23-9-7-6-8-10-23/h6-10,17,20,24H,11-16H2,1-5H3,(H,27,29). The van der Waals surface area contributed by atoms with Crippen LogP contribution >= 0.6 is 0 Å². The molecule has 1 aliphatic heterocycles. The highest BCUT2D eigenvalue weighted by Crippen LogP contribution is 2.31. The van der Waals surface area contributed by atoms with Crippen molar-refractivity contribution in [2.75, 3.05) is 13.1 Å². The molecule has 0 spiro atoms. The molecule has 0 radical (unpaired) electrons. The van der Waals surface area contributed by atoms with Crippen LogP contribution in [-0.4, -0.2) is 37.8 Å². The quantitative estimate of drug-likeness (QED) is 0.669. The van der Waals surface area contributed by atoms with Crippen LogP contribution in [0.1, 0.15) is 54.0 Å². The Hall–Kier alpha value is -2.18. The Kier molecular flexibility index (Phi) is 7.78. The Bertz CT molecular complexity index is 1030. The Balaban J connectivity index is 1.58. The average Bonchev–Trinajstić information content (AvgIpc) is 2.77. The van der Waals surface area contributed by atoms with Gasteiger partial charge in [-0.3, -0.25) is 4.79 Å². The van der Waals surface area contributed by atoms with E-state index in [9.17, 15) is 13.2 Å². The van der Waals surface area contributed by atoms with Gasteiger partial charge in [0, 0.05) is 25.0 Å². The second kappa shape index (κ2) is 10.2. The van der Waals surface area contributed by atoms with Crippen LogP contribution in [-0.2, 0) is 21.2 Å². The maximum absolute atomic E-state index is 13.4. The molecule has 1 atom stereocenters. The summed E-state index contributed by atoms with van der Waals surface area (Å²) in [6, 6.07) is 12.4. The average molecular weight is 457 g/mol. The van der Waals surface area contributed by atoms with Crippen molar-refractivity contribution in [2.45, 2.75) is 71.2 Å². The first kappa shape index (κ1) is 24.5. The van der Waals surface area contributed by atoms with Crippen molar-refractivity contribution in [3.63, 3.8) is 0 Å². The van der Waals surface area contributed by atoms with Crippen molar-refractivity contribution in [3.8, 4) is 0 Å². The minimum atomic E-state index is -3.58. The molecule has 32 heavy (non-hydrogen) atoms. The summed E-state index contributed by atoms with van der Waals surface area (Å²) in [6.07, 6.45) is 2.92. The third-order valence-electron chi connectivity index (χ3n) is 6.82. The zero-order chi connectivity index (χ0) is 23.5. The van der Waals surface area contributed by atoms with E-state index < -0.39 is 10.0 Å². The van der Waals surface area contributed by atoms with E-state index in [1.165, 1.54) is 5.56 Å². The topological polar surface area (TPSA) is 66.5 Å². The molecule has 1 heterocycles. The zero-order valence-corrected chi connectivity index (χ0v) is 20.8. The highest BCUT2D eigenvalue weighted by molar-refractivity contribution is 7.89. The number of carbonyl (C=O) groups is 1. The highest BCUT2D eigenvalue weighted by Gasteiger charge is 2.34.